The molecule has 8 N–H and O–H groups in total. The number of nitrogens with zero attached hydrogens (tertiary/aromatic N) is 3. The number of carbonyl (C=O) groups is 7. The van der Waals surface area contributed by atoms with E-state index < -0.39 is 71.6 Å². The predicted molar refractivity (Wildman–Crippen MR) is 227 cm³/mol. The molecule has 3 atom stereocenters. The van der Waals surface area contributed by atoms with Crippen molar-refractivity contribution in [1.29, 1.82) is 0 Å². The summed E-state index contributed by atoms with van der Waals surface area (Å²) in [7, 11) is 0. The lowest BCUT2D eigenvalue weighted by molar-refractivity contribution is -0.158. The van der Waals surface area contributed by atoms with Crippen LogP contribution in [0.1, 0.15) is 79.2 Å². The second-order valence-electron chi connectivity index (χ2n) is 16.8. The molecule has 0 spiro atoms. The third-order valence-electron chi connectivity index (χ3n) is 9.01. The number of aliphatic carboxylic acids is 4. The van der Waals surface area contributed by atoms with Crippen molar-refractivity contribution in [2.45, 2.75) is 109 Å². The van der Waals surface area contributed by atoms with Crippen molar-refractivity contribution in [3.05, 3.63) is 29.8 Å². The average Bonchev–Trinajstić information content (AvgIpc) is 3.17. The molecule has 1 heterocycles. The fourth-order valence-electron chi connectivity index (χ4n) is 6.33. The molecule has 0 aliphatic carbocycles. The molecular weight excluding hydrogens is 819 g/mol. The number of urea groups is 1. The number of nitrogens with one attached hydrogen (secondary N) is 4. The Balaban J connectivity index is 2.01. The number of unbranched alkanes of at least 4 members (excludes halogenated alkanes) is 1. The molecule has 1 aliphatic rings. The van der Waals surface area contributed by atoms with Crippen molar-refractivity contribution in [1.82, 2.24) is 30.7 Å². The minimum atomic E-state index is -1.27. The number of carboxylic acids is 4. The standard InChI is InChI=1S/C40H63N7O13S/c1-39(2,3)59-35(56)29(43-37(58)44-30(14-15-31(48)49)36(57)60-40(4,5)6)9-7-8-16-41-38(61)42-27-12-10-26(11-13-27)21-28-22-46(24-33(52)53)18-17-45(23-32(50)51)19-20-47(28)25-34(54)55/h10-13,28-30H,7-9,14-25H2,1-6H3,(H,48,49)(H,50,51)(H,52,53)(H,54,55)(H2,41,42,61)(H2,43,44,58)/t28?,29-,30-/m0/s1. The van der Waals surface area contributed by atoms with Crippen LogP contribution in [-0.4, -0.2) is 170 Å². The summed E-state index contributed by atoms with van der Waals surface area (Å²) in [5, 5.41) is 49.2. The zero-order valence-electron chi connectivity index (χ0n) is 35.9. The summed E-state index contributed by atoms with van der Waals surface area (Å²) in [6.45, 7) is 11.0. The molecule has 1 fully saturated rings. The monoisotopic (exact) mass is 881 g/mol. The van der Waals surface area contributed by atoms with E-state index in [4.69, 9.17) is 26.8 Å². The number of thiocarbonyl (C=S) groups is 1. The Morgan fingerprint density at radius 3 is 1.74 bits per heavy atom. The fourth-order valence-corrected chi connectivity index (χ4v) is 6.55. The lowest BCUT2D eigenvalue weighted by Crippen LogP contribution is -2.53. The number of benzene rings is 1. The average molecular weight is 882 g/mol. The molecule has 1 aliphatic heterocycles. The number of esters is 2. The summed E-state index contributed by atoms with van der Waals surface area (Å²) in [6.07, 6.45) is 0.936. The first-order chi connectivity index (χ1) is 28.4. The Hall–Kier alpha value is -5.12. The van der Waals surface area contributed by atoms with Gasteiger partial charge in [-0.25, -0.2) is 14.4 Å². The highest BCUT2D eigenvalue weighted by Crippen LogP contribution is 2.17. The fraction of sp³-hybridized carbons (Fsp3) is 0.650. The van der Waals surface area contributed by atoms with Crippen molar-refractivity contribution in [2.24, 2.45) is 0 Å². The number of rotatable bonds is 21. The molecule has 2 rings (SSSR count). The van der Waals surface area contributed by atoms with E-state index in [-0.39, 0.29) is 51.6 Å². The van der Waals surface area contributed by atoms with E-state index in [1.807, 2.05) is 12.1 Å². The van der Waals surface area contributed by atoms with Gasteiger partial charge < -0.3 is 51.2 Å². The largest absolute Gasteiger partial charge is 0.481 e. The van der Waals surface area contributed by atoms with E-state index in [2.05, 4.69) is 21.3 Å². The van der Waals surface area contributed by atoms with Gasteiger partial charge in [-0.15, -0.1) is 0 Å². The first-order valence-corrected chi connectivity index (χ1v) is 20.5. The van der Waals surface area contributed by atoms with Gasteiger partial charge in [0.1, 0.15) is 23.3 Å². The van der Waals surface area contributed by atoms with Gasteiger partial charge in [-0.3, -0.25) is 33.9 Å². The zero-order valence-corrected chi connectivity index (χ0v) is 36.7. The second-order valence-corrected chi connectivity index (χ2v) is 17.2. The van der Waals surface area contributed by atoms with E-state index in [1.54, 1.807) is 68.4 Å². The van der Waals surface area contributed by atoms with Crippen LogP contribution in [0, 0.1) is 0 Å². The van der Waals surface area contributed by atoms with Gasteiger partial charge in [-0.2, -0.15) is 0 Å². The van der Waals surface area contributed by atoms with E-state index in [0.29, 0.717) is 56.2 Å². The van der Waals surface area contributed by atoms with Crippen LogP contribution in [0.4, 0.5) is 10.5 Å². The van der Waals surface area contributed by atoms with E-state index in [1.165, 1.54) is 0 Å². The lowest BCUT2D eigenvalue weighted by atomic mass is 10.0. The maximum Gasteiger partial charge on any atom is 0.329 e. The van der Waals surface area contributed by atoms with Crippen molar-refractivity contribution in [2.75, 3.05) is 64.2 Å². The first-order valence-electron chi connectivity index (χ1n) is 20.1. The first kappa shape index (κ1) is 52.0. The maximum atomic E-state index is 13.1. The van der Waals surface area contributed by atoms with Crippen LogP contribution in [0.2, 0.25) is 0 Å². The molecule has 0 bridgehead atoms. The Morgan fingerprint density at radius 2 is 1.21 bits per heavy atom. The summed E-state index contributed by atoms with van der Waals surface area (Å²) in [4.78, 5) is 90.1. The van der Waals surface area contributed by atoms with Gasteiger partial charge in [0.05, 0.1) is 19.6 Å². The van der Waals surface area contributed by atoms with Gasteiger partial charge in [0.25, 0.3) is 0 Å². The minimum absolute atomic E-state index is 0.178. The van der Waals surface area contributed by atoms with Crippen molar-refractivity contribution in [3.63, 3.8) is 0 Å². The van der Waals surface area contributed by atoms with Crippen molar-refractivity contribution in [3.8, 4) is 0 Å². The molecule has 0 aromatic heterocycles. The second kappa shape index (κ2) is 25.0. The van der Waals surface area contributed by atoms with Crippen LogP contribution in [0.15, 0.2) is 24.3 Å². The van der Waals surface area contributed by atoms with Crippen LogP contribution in [0.5, 0.6) is 0 Å². The number of amides is 2. The van der Waals surface area contributed by atoms with Crippen LogP contribution < -0.4 is 21.3 Å². The molecular formula is C40H63N7O13S. The molecule has 21 heteroatoms. The molecule has 1 aromatic rings. The summed E-state index contributed by atoms with van der Waals surface area (Å²) in [6, 6.07) is 3.73. The zero-order chi connectivity index (χ0) is 45.9. The Bertz CT molecular complexity index is 1670. The number of hydrogen-bond acceptors (Lipinski definition) is 13. The topological polar surface area (TPSA) is 277 Å². The Morgan fingerprint density at radius 1 is 0.705 bits per heavy atom. The maximum absolute atomic E-state index is 13.1. The Labute approximate surface area is 361 Å². The number of carbonyl (C=O) groups excluding carboxylic acids is 3. The molecule has 1 unspecified atom stereocenters. The smallest absolute Gasteiger partial charge is 0.329 e. The molecule has 2 amide bonds. The lowest BCUT2D eigenvalue weighted by Gasteiger charge is -2.33. The molecule has 1 aromatic carbocycles. The highest BCUT2D eigenvalue weighted by Gasteiger charge is 2.31. The highest BCUT2D eigenvalue weighted by atomic mass is 32.1. The third-order valence-corrected chi connectivity index (χ3v) is 9.25. The Kier molecular flexibility index (Phi) is 21.3. The van der Waals surface area contributed by atoms with Crippen LogP contribution in [0.3, 0.4) is 0 Å². The molecule has 61 heavy (non-hydrogen) atoms. The third kappa shape index (κ3) is 22.9. The van der Waals surface area contributed by atoms with Gasteiger partial charge in [0, 0.05) is 57.4 Å². The van der Waals surface area contributed by atoms with Gasteiger partial charge in [-0.05, 0) is 104 Å². The summed E-state index contributed by atoms with van der Waals surface area (Å²) >= 11 is 5.48. The number of hydrogen-bond donors (Lipinski definition) is 8. The van der Waals surface area contributed by atoms with Crippen molar-refractivity contribution < 1.29 is 63.5 Å². The van der Waals surface area contributed by atoms with Gasteiger partial charge in [0.15, 0.2) is 5.11 Å². The van der Waals surface area contributed by atoms with Gasteiger partial charge >= 0.3 is 41.8 Å². The van der Waals surface area contributed by atoms with Gasteiger partial charge in [-0.1, -0.05) is 12.1 Å². The SMILES string of the molecule is CC(C)(C)OC(=O)[C@H](CCCCNC(=S)Nc1ccc(CC2CN(CC(=O)O)CCN(CC(=O)O)CCN2CC(=O)O)cc1)NC(=O)N[C@@H](CCC(=O)O)C(=O)OC(C)(C)C. The van der Waals surface area contributed by atoms with Crippen molar-refractivity contribution >= 4 is 64.9 Å². The summed E-state index contributed by atoms with van der Waals surface area (Å²) in [5.41, 5.74) is -0.202. The highest BCUT2D eigenvalue weighted by molar-refractivity contribution is 7.80. The number of carboxylic acid groups (broad SMARTS) is 4. The van der Waals surface area contributed by atoms with E-state index >= 15 is 0 Å². The molecule has 0 saturated carbocycles. The van der Waals surface area contributed by atoms with Crippen LogP contribution in [-0.2, 0) is 44.7 Å². The molecule has 1 saturated heterocycles. The van der Waals surface area contributed by atoms with Gasteiger partial charge in [0.2, 0.25) is 0 Å². The molecule has 342 valence electrons. The normalized spacial score (nSPS) is 16.7. The number of ether oxygens (including phenoxy) is 2. The minimum Gasteiger partial charge on any atom is -0.481 e. The van der Waals surface area contributed by atoms with E-state index in [9.17, 15) is 48.9 Å². The summed E-state index contributed by atoms with van der Waals surface area (Å²) in [5.74, 6) is -5.78. The van der Waals surface area contributed by atoms with Crippen LogP contribution in [0.25, 0.3) is 0 Å². The van der Waals surface area contributed by atoms with E-state index in [0.717, 1.165) is 5.56 Å². The quantitative estimate of drug-likeness (QED) is 0.0497. The summed E-state index contributed by atoms with van der Waals surface area (Å²) < 4.78 is 10.9. The number of anilines is 1. The molecule has 0 radical (unpaired) electrons. The molecule has 20 nitrogen and oxygen atoms in total. The predicted octanol–water partition coefficient (Wildman–Crippen LogP) is 1.81. The van der Waals surface area contributed by atoms with Crippen LogP contribution >= 0.6 is 12.2 Å².